The first-order valence-corrected chi connectivity index (χ1v) is 8.55. The monoisotopic (exact) mass is 449 g/mol. The molecule has 1 aliphatic rings. The third kappa shape index (κ3) is 5.05. The molecule has 7 nitrogen and oxygen atoms in total. The van der Waals surface area contributed by atoms with Gasteiger partial charge in [0, 0.05) is 0 Å². The van der Waals surface area contributed by atoms with Crippen LogP contribution in [0.2, 0.25) is 0 Å². The molecule has 1 aliphatic carbocycles. The molecule has 23 heavy (non-hydrogen) atoms. The average molecular weight is 448 g/mol. The summed E-state index contributed by atoms with van der Waals surface area (Å²) < 4.78 is 93.9. The molecule has 15 heteroatoms. The number of alkyl halides is 2. The molecule has 0 fully saturated rings. The van der Waals surface area contributed by atoms with Crippen molar-refractivity contribution in [3.8, 4) is 14.0 Å². The number of rotatable bonds is 3. The molecule has 0 aromatic carbocycles. The van der Waals surface area contributed by atoms with Gasteiger partial charge in [0.05, 0.1) is 0 Å². The predicted molar refractivity (Wildman–Crippen MR) is 50.0 cm³/mol. The predicted octanol–water partition coefficient (Wildman–Crippen LogP) is 2.40. The Hall–Kier alpha value is -1.90. The summed E-state index contributed by atoms with van der Waals surface area (Å²) in [5, 5.41) is 23.7. The summed E-state index contributed by atoms with van der Waals surface area (Å²) in [5.74, 6) is -15.6. The van der Waals surface area contributed by atoms with Crippen molar-refractivity contribution in [3.05, 3.63) is 23.2 Å². The first-order valence-electron chi connectivity index (χ1n) is 4.48. The first kappa shape index (κ1) is 21.1. The number of phosphoric acid groups is 1. The van der Waals surface area contributed by atoms with E-state index in [0.717, 1.165) is 0 Å². The van der Waals surface area contributed by atoms with Gasteiger partial charge in [-0.15, -0.1) is 4.73 Å². The zero-order valence-electron chi connectivity index (χ0n) is 10.0. The average Bonchev–Trinajstić information content (AvgIpc) is 2.64. The Morgan fingerprint density at radius 1 is 1.09 bits per heavy atom. The Labute approximate surface area is 128 Å². The minimum Gasteiger partial charge on any atom is -0.744 e. The summed E-state index contributed by atoms with van der Waals surface area (Å²) in [6.07, 6.45) is 0. The van der Waals surface area contributed by atoms with E-state index >= 15 is 0 Å². The number of nitrogens with zero attached hydrogens (tertiary/aromatic N) is 3. The molecule has 0 heterocycles. The Morgan fingerprint density at radius 3 is 1.74 bits per heavy atom. The van der Waals surface area contributed by atoms with Crippen LogP contribution in [0.25, 0.3) is 0 Å². The fourth-order valence-corrected chi connectivity index (χ4v) is 1.55. The van der Waals surface area contributed by atoms with Crippen molar-refractivity contribution in [2.45, 2.75) is 5.92 Å². The Bertz CT molecular complexity index is 688. The van der Waals surface area contributed by atoms with Gasteiger partial charge < -0.3 is 9.42 Å². The Balaban J connectivity index is 0.000000585. The van der Waals surface area contributed by atoms with Crippen LogP contribution in [0, 0.1) is 29.8 Å². The van der Waals surface area contributed by atoms with Crippen LogP contribution in [-0.2, 0) is 29.8 Å². The first-order chi connectivity index (χ1) is 10.5. The van der Waals surface area contributed by atoms with Gasteiger partial charge in [-0.3, -0.25) is 4.57 Å². The molecular formula is C8F6N3O4PRu. The van der Waals surface area contributed by atoms with Gasteiger partial charge in [0.25, 0.3) is 0 Å². The number of hydrogen-bond donors (Lipinski definition) is 0. The van der Waals surface area contributed by atoms with Gasteiger partial charge in [0.2, 0.25) is 23.2 Å². The molecule has 0 amide bonds. The summed E-state index contributed by atoms with van der Waals surface area (Å²) in [7, 11) is -5.95. The van der Waals surface area contributed by atoms with Gasteiger partial charge in [0.1, 0.15) is 0 Å². The summed E-state index contributed by atoms with van der Waals surface area (Å²) in [6, 6.07) is 0. The van der Waals surface area contributed by atoms with E-state index in [-0.39, 0.29) is 0 Å². The zero-order valence-corrected chi connectivity index (χ0v) is 12.7. The molecule has 0 bridgehead atoms. The van der Waals surface area contributed by atoms with Crippen LogP contribution in [0.15, 0.2) is 23.2 Å². The number of hydrogen-bond acceptors (Lipinski definition) is 7. The van der Waals surface area contributed by atoms with E-state index in [4.69, 9.17) is 15.8 Å². The van der Waals surface area contributed by atoms with Gasteiger partial charge in [-0.05, 0) is 4.53 Å². The van der Waals surface area contributed by atoms with E-state index in [0.29, 0.717) is 0 Å². The number of allylic oxidation sites excluding steroid dienone is 3. The number of nitriles is 3. The molecule has 0 aromatic rings. The summed E-state index contributed by atoms with van der Waals surface area (Å²) >= 11 is -2.29. The number of halogens is 6. The topological polar surface area (TPSA) is 130 Å². The van der Waals surface area contributed by atoms with E-state index in [1.807, 2.05) is 0 Å². The van der Waals surface area contributed by atoms with Crippen LogP contribution in [0.4, 0.5) is 26.5 Å². The maximum atomic E-state index is 12.6. The Morgan fingerprint density at radius 2 is 1.52 bits per heavy atom. The molecule has 0 aliphatic heterocycles. The van der Waals surface area contributed by atoms with E-state index in [1.54, 1.807) is 14.0 Å². The van der Waals surface area contributed by atoms with Crippen molar-refractivity contribution < 1.29 is 61.1 Å². The molecule has 126 valence electrons. The number of phosphoric ester groups is 1. The van der Waals surface area contributed by atoms with Gasteiger partial charge in [0.15, 0.2) is 0 Å². The van der Waals surface area contributed by atoms with Crippen LogP contribution in [0.1, 0.15) is 0 Å². The SMILES string of the molecule is N#[C][Ru+]([C]#N)[C]#N.O=P([O-])(OF)OC1=C(F)C(F)=C(F)C1(F)F. The molecule has 0 spiro atoms. The van der Waals surface area contributed by atoms with Gasteiger partial charge in [-0.1, -0.05) is 0 Å². The standard InChI is InChI=1S/C5HF6O4P.3CN.Ru/c6-1-2(7)4(5(9,10)3(1)8)14-16(12,13)15-11;3*1-2;/h(H,12,13);;;;/q;;;;+1/p-1. The van der Waals surface area contributed by atoms with Crippen LogP contribution in [0.3, 0.4) is 0 Å². The van der Waals surface area contributed by atoms with Crippen molar-refractivity contribution in [2.24, 2.45) is 0 Å². The Kier molecular flexibility index (Phi) is 7.43. The van der Waals surface area contributed by atoms with Crippen molar-refractivity contribution in [1.29, 1.82) is 15.8 Å². The van der Waals surface area contributed by atoms with Crippen LogP contribution in [0.5, 0.6) is 0 Å². The second kappa shape index (κ2) is 8.10. The van der Waals surface area contributed by atoms with Gasteiger partial charge in [-0.2, -0.15) is 13.2 Å². The second-order valence-corrected chi connectivity index (χ2v) is 6.64. The largest absolute Gasteiger partial charge is 0.744 e. The third-order valence-corrected chi connectivity index (χ3v) is 3.41. The summed E-state index contributed by atoms with van der Waals surface area (Å²) in [6.45, 7) is 0. The molecule has 0 saturated heterocycles. The fraction of sp³-hybridized carbons (Fsp3) is 0.125. The molecule has 0 aromatic heterocycles. The maximum Gasteiger partial charge on any atom is 0.361 e. The molecule has 0 saturated carbocycles. The molecule has 1 atom stereocenters. The smallest absolute Gasteiger partial charge is 0.361 e. The summed E-state index contributed by atoms with van der Waals surface area (Å²) in [4.78, 5) is 10.2. The minimum atomic E-state index is -5.95. The van der Waals surface area contributed by atoms with Crippen LogP contribution in [-0.4, -0.2) is 5.92 Å². The van der Waals surface area contributed by atoms with E-state index in [1.165, 1.54) is 0 Å². The van der Waals surface area contributed by atoms with Crippen molar-refractivity contribution in [3.63, 3.8) is 0 Å². The molecule has 1 rings (SSSR count). The molecule has 0 N–H and O–H groups in total. The van der Waals surface area contributed by atoms with Crippen LogP contribution < -0.4 is 4.89 Å². The molecule has 1 unspecified atom stereocenters. The van der Waals surface area contributed by atoms with E-state index in [9.17, 15) is 35.9 Å². The van der Waals surface area contributed by atoms with Crippen LogP contribution >= 0.6 is 7.82 Å². The zero-order chi connectivity index (χ0) is 18.4. The van der Waals surface area contributed by atoms with Crippen molar-refractivity contribution in [2.75, 3.05) is 0 Å². The van der Waals surface area contributed by atoms with Crippen molar-refractivity contribution in [1.82, 2.24) is 0 Å². The minimum absolute atomic E-state index is 1.62. The van der Waals surface area contributed by atoms with Gasteiger partial charge >= 0.3 is 59.5 Å². The normalized spacial score (nSPS) is 18.7. The molecular weight excluding hydrogens is 448 g/mol. The second-order valence-electron chi connectivity index (χ2n) is 2.96. The van der Waals surface area contributed by atoms with Gasteiger partial charge in [-0.25, -0.2) is 8.78 Å². The van der Waals surface area contributed by atoms with E-state index < -0.39 is 52.9 Å². The van der Waals surface area contributed by atoms with E-state index in [2.05, 4.69) is 9.25 Å². The molecule has 0 radical (unpaired) electrons. The third-order valence-electron chi connectivity index (χ3n) is 1.67. The summed E-state index contributed by atoms with van der Waals surface area (Å²) in [5.41, 5.74) is 0. The maximum absolute atomic E-state index is 12.6. The fourth-order valence-electron chi connectivity index (χ4n) is 0.848. The quantitative estimate of drug-likeness (QED) is 0.368. The van der Waals surface area contributed by atoms with Crippen molar-refractivity contribution >= 4 is 7.82 Å².